The van der Waals surface area contributed by atoms with Crippen molar-refractivity contribution in [1.29, 1.82) is 0 Å². The van der Waals surface area contributed by atoms with Gasteiger partial charge in [0.2, 0.25) is 0 Å². The van der Waals surface area contributed by atoms with E-state index < -0.39 is 10.8 Å². The van der Waals surface area contributed by atoms with E-state index in [4.69, 9.17) is 9.47 Å². The minimum absolute atomic E-state index is 0.108. The molecule has 0 atom stereocenters. The summed E-state index contributed by atoms with van der Waals surface area (Å²) in [5, 5.41) is 17.5. The minimum atomic E-state index is -0.540. The quantitative estimate of drug-likeness (QED) is 0.150. The van der Waals surface area contributed by atoms with Crippen molar-refractivity contribution in [2.24, 2.45) is 5.10 Å². The lowest BCUT2D eigenvalue weighted by Crippen LogP contribution is -2.20. The first kappa shape index (κ1) is 26.6. The van der Waals surface area contributed by atoms with Crippen molar-refractivity contribution in [3.8, 4) is 11.5 Å². The van der Waals surface area contributed by atoms with Gasteiger partial charge in [0.1, 0.15) is 0 Å². The van der Waals surface area contributed by atoms with Crippen LogP contribution in [0, 0.1) is 20.6 Å². The highest BCUT2D eigenvalue weighted by molar-refractivity contribution is 14.1. The highest BCUT2D eigenvalue weighted by Crippen LogP contribution is 2.34. The lowest BCUT2D eigenvalue weighted by atomic mass is 10.2. The molecule has 11 heteroatoms. The Morgan fingerprint density at radius 2 is 1.78 bits per heavy atom. The molecule has 0 aliphatic rings. The highest BCUT2D eigenvalue weighted by Gasteiger charge is 2.14. The number of nitro groups is 1. The molecule has 3 rings (SSSR count). The number of ether oxygens (including phenoxy) is 2. The fourth-order valence-electron chi connectivity index (χ4n) is 3.00. The molecule has 3 aromatic carbocycles. The topological polar surface area (TPSA) is 132 Å². The van der Waals surface area contributed by atoms with Crippen molar-refractivity contribution in [3.63, 3.8) is 0 Å². The van der Waals surface area contributed by atoms with Crippen molar-refractivity contribution < 1.29 is 24.0 Å². The highest BCUT2D eigenvalue weighted by atomic mass is 127. The van der Waals surface area contributed by atoms with Gasteiger partial charge in [-0.3, -0.25) is 19.7 Å². The molecule has 0 saturated carbocycles. The summed E-state index contributed by atoms with van der Waals surface area (Å²) >= 11 is 2.07. The Morgan fingerprint density at radius 3 is 2.42 bits per heavy atom. The number of amides is 2. The Morgan fingerprint density at radius 1 is 1.08 bits per heavy atom. The van der Waals surface area contributed by atoms with E-state index in [1.165, 1.54) is 30.5 Å². The molecule has 2 amide bonds. The zero-order valence-corrected chi connectivity index (χ0v) is 21.6. The maximum absolute atomic E-state index is 12.3. The molecule has 0 heterocycles. The van der Waals surface area contributed by atoms with Crippen LogP contribution >= 0.6 is 22.6 Å². The van der Waals surface area contributed by atoms with Crippen LogP contribution in [0.15, 0.2) is 65.8 Å². The fourth-order valence-corrected chi connectivity index (χ4v) is 3.78. The second kappa shape index (κ2) is 12.6. The third-order valence-corrected chi connectivity index (χ3v) is 5.54. The smallest absolute Gasteiger partial charge is 0.271 e. The summed E-state index contributed by atoms with van der Waals surface area (Å²) in [6.45, 7) is 3.96. The number of rotatable bonds is 10. The molecule has 186 valence electrons. The van der Waals surface area contributed by atoms with Crippen molar-refractivity contribution >= 4 is 52.0 Å². The summed E-state index contributed by atoms with van der Waals surface area (Å²) in [5.74, 6) is 0.0244. The van der Waals surface area contributed by atoms with E-state index in [-0.39, 0.29) is 23.8 Å². The number of hydrogen-bond acceptors (Lipinski definition) is 7. The molecular weight excluding hydrogens is 579 g/mol. The van der Waals surface area contributed by atoms with Crippen LogP contribution in [0.2, 0.25) is 0 Å². The number of nitrogens with zero attached hydrogens (tertiary/aromatic N) is 2. The average Bonchev–Trinajstić information content (AvgIpc) is 2.85. The molecule has 0 bridgehead atoms. The molecule has 0 aliphatic carbocycles. The summed E-state index contributed by atoms with van der Waals surface area (Å²) in [6.07, 6.45) is 1.43. The van der Waals surface area contributed by atoms with E-state index in [1.807, 2.05) is 38.1 Å². The number of anilines is 1. The van der Waals surface area contributed by atoms with Gasteiger partial charge in [-0.1, -0.05) is 17.7 Å². The molecule has 0 saturated heterocycles. The second-order valence-electron chi connectivity index (χ2n) is 7.47. The molecular formula is C25H23IN4O6. The summed E-state index contributed by atoms with van der Waals surface area (Å²) in [5.41, 5.74) is 4.90. The van der Waals surface area contributed by atoms with Crippen molar-refractivity contribution in [3.05, 3.63) is 91.0 Å². The number of nitrogens with one attached hydrogen (secondary N) is 2. The third-order valence-electron chi connectivity index (χ3n) is 4.73. The molecule has 0 radical (unpaired) electrons. The maximum atomic E-state index is 12.3. The standard InChI is InChI=1S/C25H23IN4O6/c1-3-35-22-13-17(14-27-29-25(32)18-6-10-20(11-7-18)30(33)34)12-21(26)24(22)36-15-23(31)28-19-8-4-16(2)5-9-19/h4-14H,3,15H2,1-2H3,(H,28,31)(H,29,32)/b27-14+. The SMILES string of the molecule is CCOc1cc(/C=N/NC(=O)c2ccc([N+](=O)[O-])cc2)cc(I)c1OCC(=O)Nc1ccc(C)cc1. The number of hydrogen-bond donors (Lipinski definition) is 2. The van der Waals surface area contributed by atoms with E-state index in [0.717, 1.165) is 5.56 Å². The maximum Gasteiger partial charge on any atom is 0.271 e. The van der Waals surface area contributed by atoms with Gasteiger partial charge >= 0.3 is 0 Å². The van der Waals surface area contributed by atoms with Gasteiger partial charge in [0.25, 0.3) is 17.5 Å². The van der Waals surface area contributed by atoms with Crippen LogP contribution < -0.4 is 20.2 Å². The number of benzene rings is 3. The Hall–Kier alpha value is -4.00. The second-order valence-corrected chi connectivity index (χ2v) is 8.63. The van der Waals surface area contributed by atoms with Gasteiger partial charge < -0.3 is 14.8 Å². The third kappa shape index (κ3) is 7.50. The van der Waals surface area contributed by atoms with Crippen LogP contribution in [0.4, 0.5) is 11.4 Å². The molecule has 3 aromatic rings. The summed E-state index contributed by atoms with van der Waals surface area (Å²) in [4.78, 5) is 34.7. The Bertz CT molecular complexity index is 1280. The number of carbonyl (C=O) groups excluding carboxylic acids is 2. The molecule has 0 aliphatic heterocycles. The molecule has 0 fully saturated rings. The molecule has 2 N–H and O–H groups in total. The Labute approximate surface area is 221 Å². The number of hydrazone groups is 1. The molecule has 0 spiro atoms. The minimum Gasteiger partial charge on any atom is -0.490 e. The average molecular weight is 602 g/mol. The number of non-ortho nitro benzene ring substituents is 1. The van der Waals surface area contributed by atoms with Gasteiger partial charge in [-0.25, -0.2) is 5.43 Å². The van der Waals surface area contributed by atoms with E-state index >= 15 is 0 Å². The van der Waals surface area contributed by atoms with Crippen LogP contribution in [0.5, 0.6) is 11.5 Å². The van der Waals surface area contributed by atoms with E-state index in [0.29, 0.717) is 32.9 Å². The van der Waals surface area contributed by atoms with Crippen LogP contribution in [0.25, 0.3) is 0 Å². The van der Waals surface area contributed by atoms with Crippen molar-refractivity contribution in [2.75, 3.05) is 18.5 Å². The number of halogens is 1. The zero-order chi connectivity index (χ0) is 26.1. The summed E-state index contributed by atoms with van der Waals surface area (Å²) < 4.78 is 12.1. The molecule has 0 aromatic heterocycles. The number of aryl methyl sites for hydroxylation is 1. The summed E-state index contributed by atoms with van der Waals surface area (Å²) in [6, 6.07) is 16.1. The Kier molecular flexibility index (Phi) is 9.33. The van der Waals surface area contributed by atoms with Crippen LogP contribution in [-0.4, -0.2) is 36.2 Å². The van der Waals surface area contributed by atoms with E-state index in [1.54, 1.807) is 12.1 Å². The molecule has 36 heavy (non-hydrogen) atoms. The van der Waals surface area contributed by atoms with Gasteiger partial charge in [-0.05, 0) is 78.4 Å². The van der Waals surface area contributed by atoms with Crippen LogP contribution in [0.1, 0.15) is 28.4 Å². The van der Waals surface area contributed by atoms with Gasteiger partial charge in [0.15, 0.2) is 18.1 Å². The lowest BCUT2D eigenvalue weighted by Gasteiger charge is -2.14. The number of carbonyl (C=O) groups is 2. The normalized spacial score (nSPS) is 10.6. The van der Waals surface area contributed by atoms with Crippen molar-refractivity contribution in [2.45, 2.75) is 13.8 Å². The first-order valence-corrected chi connectivity index (χ1v) is 11.9. The zero-order valence-electron chi connectivity index (χ0n) is 19.5. The Balaban J connectivity index is 1.64. The lowest BCUT2D eigenvalue weighted by molar-refractivity contribution is -0.384. The number of nitro benzene ring substituents is 1. The molecule has 0 unspecified atom stereocenters. The molecule has 10 nitrogen and oxygen atoms in total. The predicted octanol–water partition coefficient (Wildman–Crippen LogP) is 4.69. The largest absolute Gasteiger partial charge is 0.490 e. The predicted molar refractivity (Wildman–Crippen MR) is 144 cm³/mol. The summed E-state index contributed by atoms with van der Waals surface area (Å²) in [7, 11) is 0. The van der Waals surface area contributed by atoms with E-state index in [9.17, 15) is 19.7 Å². The van der Waals surface area contributed by atoms with Gasteiger partial charge in [-0.15, -0.1) is 0 Å². The fraction of sp³-hybridized carbons (Fsp3) is 0.160. The van der Waals surface area contributed by atoms with E-state index in [2.05, 4.69) is 38.4 Å². The van der Waals surface area contributed by atoms with Crippen LogP contribution in [0.3, 0.4) is 0 Å². The van der Waals surface area contributed by atoms with Crippen molar-refractivity contribution in [1.82, 2.24) is 5.43 Å². The first-order valence-electron chi connectivity index (χ1n) is 10.8. The van der Waals surface area contributed by atoms with Gasteiger partial charge in [0.05, 0.1) is 21.3 Å². The first-order chi connectivity index (χ1) is 17.3. The van der Waals surface area contributed by atoms with Gasteiger partial charge in [-0.2, -0.15) is 5.10 Å². The monoisotopic (exact) mass is 602 g/mol. The van der Waals surface area contributed by atoms with Crippen LogP contribution in [-0.2, 0) is 4.79 Å². The van der Waals surface area contributed by atoms with Gasteiger partial charge in [0, 0.05) is 23.4 Å².